The van der Waals surface area contributed by atoms with Crippen LogP contribution in [0, 0.1) is 0 Å². The van der Waals surface area contributed by atoms with Crippen LogP contribution in [0.4, 0.5) is 0 Å². The summed E-state index contributed by atoms with van der Waals surface area (Å²) >= 11 is 0. The Morgan fingerprint density at radius 3 is 1.30 bits per heavy atom. The molecule has 0 aliphatic heterocycles. The van der Waals surface area contributed by atoms with E-state index in [2.05, 4.69) is 182 Å². The van der Waals surface area contributed by atoms with Crippen LogP contribution in [-0.2, 0) is 5.41 Å². The maximum Gasteiger partial charge on any atom is 0.160 e. The van der Waals surface area contributed by atoms with Gasteiger partial charge in [0, 0.05) is 22.1 Å². The zero-order chi connectivity index (χ0) is 39.9. The second-order valence-corrected chi connectivity index (χ2v) is 16.5. The highest BCUT2D eigenvalue weighted by Gasteiger charge is 2.43. The van der Waals surface area contributed by atoms with E-state index in [-0.39, 0.29) is 5.41 Å². The predicted molar refractivity (Wildman–Crippen MR) is 249 cm³/mol. The molecule has 2 nitrogen and oxygen atoms in total. The third kappa shape index (κ3) is 6.55. The van der Waals surface area contributed by atoms with Gasteiger partial charge in [-0.3, -0.25) is 0 Å². The molecule has 1 fully saturated rings. The molecule has 2 aliphatic carbocycles. The highest BCUT2D eigenvalue weighted by atomic mass is 14.9. The van der Waals surface area contributed by atoms with Gasteiger partial charge in [-0.25, -0.2) is 9.97 Å². The second kappa shape index (κ2) is 15.2. The van der Waals surface area contributed by atoms with E-state index in [0.717, 1.165) is 28.1 Å². The van der Waals surface area contributed by atoms with Gasteiger partial charge in [0.15, 0.2) is 5.82 Å². The number of aromatic nitrogens is 2. The molecule has 0 N–H and O–H groups in total. The van der Waals surface area contributed by atoms with Gasteiger partial charge in [-0.15, -0.1) is 0 Å². The van der Waals surface area contributed by atoms with Gasteiger partial charge in [0.05, 0.1) is 11.4 Å². The fourth-order valence-corrected chi connectivity index (χ4v) is 9.84. The van der Waals surface area contributed by atoms with Crippen molar-refractivity contribution in [1.82, 2.24) is 9.97 Å². The van der Waals surface area contributed by atoms with Gasteiger partial charge in [0.25, 0.3) is 0 Å². The Morgan fingerprint density at radius 1 is 0.283 bits per heavy atom. The van der Waals surface area contributed by atoms with Crippen LogP contribution in [0.2, 0.25) is 0 Å². The summed E-state index contributed by atoms with van der Waals surface area (Å²) in [5.41, 5.74) is 20.7. The molecule has 2 aliphatic rings. The fraction of sp³-hybridized carbons (Fsp3) is 0.103. The number of benzene rings is 8. The van der Waals surface area contributed by atoms with E-state index in [1.54, 1.807) is 5.56 Å². The molecule has 1 saturated carbocycles. The molecule has 8 aromatic carbocycles. The molecule has 11 rings (SSSR count). The molecule has 0 saturated heterocycles. The third-order valence-corrected chi connectivity index (χ3v) is 12.9. The van der Waals surface area contributed by atoms with Crippen LogP contribution in [0.15, 0.2) is 206 Å². The van der Waals surface area contributed by atoms with E-state index in [4.69, 9.17) is 9.97 Å². The summed E-state index contributed by atoms with van der Waals surface area (Å²) in [6, 6.07) is 74.7. The fourth-order valence-electron chi connectivity index (χ4n) is 9.84. The van der Waals surface area contributed by atoms with Crippen molar-refractivity contribution in [2.24, 2.45) is 0 Å². The van der Waals surface area contributed by atoms with Gasteiger partial charge in [-0.1, -0.05) is 201 Å². The summed E-state index contributed by atoms with van der Waals surface area (Å²) in [4.78, 5) is 10.2. The lowest BCUT2D eigenvalue weighted by molar-refractivity contribution is 0.353. The van der Waals surface area contributed by atoms with Crippen LogP contribution in [0.3, 0.4) is 0 Å². The summed E-state index contributed by atoms with van der Waals surface area (Å²) in [5.74, 6) is 0.715. The molecule has 0 bridgehead atoms. The molecular formula is C58H44N2. The summed E-state index contributed by atoms with van der Waals surface area (Å²) < 4.78 is 0. The van der Waals surface area contributed by atoms with E-state index >= 15 is 0 Å². The van der Waals surface area contributed by atoms with Crippen molar-refractivity contribution in [3.05, 3.63) is 217 Å². The summed E-state index contributed by atoms with van der Waals surface area (Å²) in [6.45, 7) is 0. The van der Waals surface area contributed by atoms with Crippen LogP contribution in [0.25, 0.3) is 89.5 Å². The zero-order valence-corrected chi connectivity index (χ0v) is 33.6. The van der Waals surface area contributed by atoms with Crippen molar-refractivity contribution >= 4 is 0 Å². The van der Waals surface area contributed by atoms with Crippen molar-refractivity contribution in [1.29, 1.82) is 0 Å². The minimum Gasteiger partial charge on any atom is -0.228 e. The maximum atomic E-state index is 5.10. The van der Waals surface area contributed by atoms with E-state index in [9.17, 15) is 0 Å². The van der Waals surface area contributed by atoms with Crippen LogP contribution in [0.1, 0.15) is 43.2 Å². The van der Waals surface area contributed by atoms with Gasteiger partial charge in [0.2, 0.25) is 0 Å². The van der Waals surface area contributed by atoms with Crippen molar-refractivity contribution in [3.63, 3.8) is 0 Å². The number of hydrogen-bond acceptors (Lipinski definition) is 2. The Bertz CT molecular complexity index is 2980. The Hall–Kier alpha value is -7.16. The van der Waals surface area contributed by atoms with Gasteiger partial charge in [0.1, 0.15) is 0 Å². The lowest BCUT2D eigenvalue weighted by atomic mass is 9.67. The first-order valence-electron chi connectivity index (χ1n) is 21.4. The first-order valence-corrected chi connectivity index (χ1v) is 21.4. The molecule has 60 heavy (non-hydrogen) atoms. The van der Waals surface area contributed by atoms with Crippen LogP contribution in [-0.4, -0.2) is 9.97 Å². The lowest BCUT2D eigenvalue weighted by Gasteiger charge is -2.36. The topological polar surface area (TPSA) is 25.8 Å². The van der Waals surface area contributed by atoms with Crippen molar-refractivity contribution in [2.75, 3.05) is 0 Å². The third-order valence-electron chi connectivity index (χ3n) is 12.9. The standard InChI is InChI=1S/C58H44N2/c1-4-14-40(15-5-1)41-24-28-43(29-25-41)55-39-56(60-57(59-55)45-16-6-2-7-17-45)44-30-26-42(27-31-44)46-18-12-19-47(36-46)48-20-13-21-49(37-48)50-32-33-52-51-22-8-9-23-53(51)58(54(52)38-50)34-10-3-11-35-58/h1-2,4-9,12-33,36-39H,3,10-11,34-35H2. The van der Waals surface area contributed by atoms with Gasteiger partial charge in [-0.2, -0.15) is 0 Å². The maximum absolute atomic E-state index is 5.10. The van der Waals surface area contributed by atoms with Gasteiger partial charge >= 0.3 is 0 Å². The Labute approximate surface area is 353 Å². The Balaban J connectivity index is 0.891. The van der Waals surface area contributed by atoms with Gasteiger partial charge in [-0.05, 0) is 104 Å². The summed E-state index contributed by atoms with van der Waals surface area (Å²) in [7, 11) is 0. The minimum absolute atomic E-state index is 0.150. The first-order chi connectivity index (χ1) is 29.7. The van der Waals surface area contributed by atoms with Gasteiger partial charge < -0.3 is 0 Å². The minimum atomic E-state index is 0.150. The van der Waals surface area contributed by atoms with E-state index in [1.807, 2.05) is 24.3 Å². The molecule has 286 valence electrons. The molecule has 1 aromatic heterocycles. The smallest absolute Gasteiger partial charge is 0.160 e. The molecule has 9 aromatic rings. The molecule has 0 amide bonds. The monoisotopic (exact) mass is 768 g/mol. The summed E-state index contributed by atoms with van der Waals surface area (Å²) in [6.07, 6.45) is 6.43. The van der Waals surface area contributed by atoms with Crippen molar-refractivity contribution < 1.29 is 0 Å². The quantitative estimate of drug-likeness (QED) is 0.161. The Morgan fingerprint density at radius 2 is 0.700 bits per heavy atom. The molecule has 0 radical (unpaired) electrons. The molecule has 1 spiro atoms. The predicted octanol–water partition coefficient (Wildman–Crippen LogP) is 15.4. The largest absolute Gasteiger partial charge is 0.228 e. The number of nitrogens with zero attached hydrogens (tertiary/aromatic N) is 2. The van der Waals surface area contributed by atoms with Crippen molar-refractivity contribution in [3.8, 4) is 89.5 Å². The summed E-state index contributed by atoms with van der Waals surface area (Å²) in [5, 5.41) is 0. The number of rotatable bonds is 7. The Kier molecular flexibility index (Phi) is 9.12. The van der Waals surface area contributed by atoms with Crippen molar-refractivity contribution in [2.45, 2.75) is 37.5 Å². The number of hydrogen-bond donors (Lipinski definition) is 0. The average molecular weight is 769 g/mol. The molecule has 0 atom stereocenters. The average Bonchev–Trinajstić information content (AvgIpc) is 3.60. The zero-order valence-electron chi connectivity index (χ0n) is 33.6. The van der Waals surface area contributed by atoms with E-state index in [1.165, 1.54) is 93.3 Å². The lowest BCUT2D eigenvalue weighted by Crippen LogP contribution is -2.28. The second-order valence-electron chi connectivity index (χ2n) is 16.5. The highest BCUT2D eigenvalue weighted by Crippen LogP contribution is 2.56. The van der Waals surface area contributed by atoms with Crippen LogP contribution >= 0.6 is 0 Å². The molecule has 1 heterocycles. The van der Waals surface area contributed by atoms with Crippen LogP contribution in [0.5, 0.6) is 0 Å². The molecule has 2 heteroatoms. The molecule has 0 unspecified atom stereocenters. The number of fused-ring (bicyclic) bond motifs is 5. The van der Waals surface area contributed by atoms with E-state index < -0.39 is 0 Å². The first kappa shape index (κ1) is 36.0. The SMILES string of the molecule is c1ccc(-c2ccc(-c3cc(-c4ccc(-c5cccc(-c6cccc(-c7ccc8c(c7)C7(CCCCC7)c7ccccc7-8)c6)c5)cc4)nc(-c4ccccc4)n3)cc2)cc1. The normalized spacial score (nSPS) is 13.8. The van der Waals surface area contributed by atoms with Crippen LogP contribution < -0.4 is 0 Å². The molecular weight excluding hydrogens is 725 g/mol. The van der Waals surface area contributed by atoms with E-state index in [0.29, 0.717) is 5.82 Å². The highest BCUT2D eigenvalue weighted by molar-refractivity contribution is 5.85.